The van der Waals surface area contributed by atoms with Crippen molar-refractivity contribution in [2.24, 2.45) is 11.3 Å². The van der Waals surface area contributed by atoms with Crippen LogP contribution in [0.1, 0.15) is 75.2 Å². The molecule has 43 heavy (non-hydrogen) atoms. The maximum atomic E-state index is 14.1. The molecule has 232 valence electrons. The molecule has 0 bridgehead atoms. The Morgan fingerprint density at radius 2 is 1.60 bits per heavy atom. The minimum Gasteiger partial charge on any atom is -0.481 e. The molecule has 2 aliphatic rings. The lowest BCUT2D eigenvalue weighted by molar-refractivity contribution is -0.274. The van der Waals surface area contributed by atoms with Crippen molar-refractivity contribution in [3.05, 3.63) is 59.7 Å². The molecule has 2 N–H and O–H groups in total. The molecule has 2 fully saturated rings. The summed E-state index contributed by atoms with van der Waals surface area (Å²) in [6.07, 6.45) is -2.08. The number of carbonyl (C=O) groups is 4. The molecule has 0 radical (unpaired) electrons. The summed E-state index contributed by atoms with van der Waals surface area (Å²) in [6, 6.07) is 10.7. The van der Waals surface area contributed by atoms with Gasteiger partial charge in [0.25, 0.3) is 5.91 Å². The van der Waals surface area contributed by atoms with Crippen LogP contribution < -0.4 is 15.0 Å². The number of rotatable bonds is 8. The maximum absolute atomic E-state index is 14.1. The molecule has 1 saturated carbocycles. The molecule has 4 amide bonds. The van der Waals surface area contributed by atoms with Crippen LogP contribution >= 0.6 is 0 Å². The number of halogens is 3. The Hall–Kier alpha value is -4.09. The highest BCUT2D eigenvalue weighted by Crippen LogP contribution is 2.48. The highest BCUT2D eigenvalue weighted by atomic mass is 19.4. The number of nitrogens with one attached hydrogen (secondary N) is 1. The van der Waals surface area contributed by atoms with Gasteiger partial charge in [-0.3, -0.25) is 14.4 Å². The van der Waals surface area contributed by atoms with Crippen LogP contribution in [0.25, 0.3) is 0 Å². The summed E-state index contributed by atoms with van der Waals surface area (Å²) in [6.45, 7) is 6.68. The van der Waals surface area contributed by atoms with E-state index in [0.717, 1.165) is 35.4 Å². The first-order valence-electron chi connectivity index (χ1n) is 14.2. The average molecular weight is 604 g/mol. The zero-order valence-corrected chi connectivity index (χ0v) is 24.4. The summed E-state index contributed by atoms with van der Waals surface area (Å²) in [5.41, 5.74) is 0.538. The second-order valence-corrected chi connectivity index (χ2v) is 12.3. The van der Waals surface area contributed by atoms with Crippen LogP contribution in [0, 0.1) is 11.3 Å². The minimum atomic E-state index is -4.87. The fourth-order valence-corrected chi connectivity index (χ4v) is 5.97. The summed E-state index contributed by atoms with van der Waals surface area (Å²) in [7, 11) is 0. The number of nitrogens with zero attached hydrogens (tertiary/aromatic N) is 2. The standard InChI is InChI=1S/C31H36F3N3O6/c1-29(2,3)22-12-15-30(16-13-22)18-25(38)37(23-8-10-24(11-9-23)43-31(32,33)34)28(42)36(30)19-20-4-6-21(7-5-20)27(41)35-17-14-26(39)40/h4-11,22H,12-19H2,1-3H3,(H,35,41)(H,39,40). The van der Waals surface area contributed by atoms with Crippen LogP contribution in [-0.4, -0.2) is 52.3 Å². The summed E-state index contributed by atoms with van der Waals surface area (Å²) in [4.78, 5) is 53.4. The normalized spacial score (nSPS) is 21.2. The van der Waals surface area contributed by atoms with E-state index in [4.69, 9.17) is 5.11 Å². The van der Waals surface area contributed by atoms with Gasteiger partial charge in [0.05, 0.1) is 24.1 Å². The second-order valence-electron chi connectivity index (χ2n) is 12.3. The zero-order valence-electron chi connectivity index (χ0n) is 24.4. The van der Waals surface area contributed by atoms with E-state index in [1.165, 1.54) is 12.1 Å². The van der Waals surface area contributed by atoms with Gasteiger partial charge < -0.3 is 20.1 Å². The molecule has 12 heteroatoms. The molecule has 1 spiro atoms. The number of hydrogen-bond acceptors (Lipinski definition) is 5. The Bertz CT molecular complexity index is 1340. The minimum absolute atomic E-state index is 0.0105. The molecule has 1 aliphatic carbocycles. The summed E-state index contributed by atoms with van der Waals surface area (Å²) in [5.74, 6) is -1.91. The van der Waals surface area contributed by atoms with Crippen LogP contribution in [0.2, 0.25) is 0 Å². The number of carbonyl (C=O) groups excluding carboxylic acids is 3. The van der Waals surface area contributed by atoms with Crippen molar-refractivity contribution in [2.75, 3.05) is 11.4 Å². The first-order chi connectivity index (χ1) is 20.1. The van der Waals surface area contributed by atoms with Crippen molar-refractivity contribution in [3.63, 3.8) is 0 Å². The molecule has 0 unspecified atom stereocenters. The molecule has 4 rings (SSSR count). The number of amides is 4. The van der Waals surface area contributed by atoms with Gasteiger partial charge in [-0.1, -0.05) is 32.9 Å². The van der Waals surface area contributed by atoms with Crippen molar-refractivity contribution in [2.45, 2.75) is 77.7 Å². The lowest BCUT2D eigenvalue weighted by atomic mass is 9.65. The number of aliphatic carboxylic acids is 1. The van der Waals surface area contributed by atoms with Crippen LogP contribution in [-0.2, 0) is 16.1 Å². The monoisotopic (exact) mass is 603 g/mol. The van der Waals surface area contributed by atoms with Crippen LogP contribution in [0.3, 0.4) is 0 Å². The van der Waals surface area contributed by atoms with Gasteiger partial charge in [0, 0.05) is 18.7 Å². The Morgan fingerprint density at radius 1 is 1.00 bits per heavy atom. The molecule has 0 atom stereocenters. The number of anilines is 1. The van der Waals surface area contributed by atoms with Gasteiger partial charge in [0.1, 0.15) is 5.75 Å². The highest BCUT2D eigenvalue weighted by Gasteiger charge is 2.52. The molecule has 9 nitrogen and oxygen atoms in total. The first-order valence-corrected chi connectivity index (χ1v) is 14.2. The van der Waals surface area contributed by atoms with Gasteiger partial charge in [-0.05, 0) is 79.0 Å². The lowest BCUT2D eigenvalue weighted by Crippen LogP contribution is -2.64. The Labute approximate surface area is 248 Å². The topological polar surface area (TPSA) is 116 Å². The van der Waals surface area contributed by atoms with E-state index in [-0.39, 0.29) is 37.0 Å². The molecule has 2 aromatic rings. The van der Waals surface area contributed by atoms with Crippen molar-refractivity contribution in [1.82, 2.24) is 10.2 Å². The number of benzene rings is 2. The van der Waals surface area contributed by atoms with E-state index in [1.54, 1.807) is 29.2 Å². The Balaban J connectivity index is 1.59. The second kappa shape index (κ2) is 12.3. The predicted octanol–water partition coefficient (Wildman–Crippen LogP) is 6.12. The molecule has 0 aromatic heterocycles. The van der Waals surface area contributed by atoms with Crippen LogP contribution in [0.4, 0.5) is 23.7 Å². The van der Waals surface area contributed by atoms with Gasteiger partial charge in [0.15, 0.2) is 0 Å². The van der Waals surface area contributed by atoms with E-state index < -0.39 is 41.5 Å². The molecule has 2 aromatic carbocycles. The third-order valence-electron chi connectivity index (χ3n) is 8.38. The van der Waals surface area contributed by atoms with Gasteiger partial charge >= 0.3 is 18.4 Å². The van der Waals surface area contributed by atoms with E-state index >= 15 is 0 Å². The van der Waals surface area contributed by atoms with Crippen LogP contribution in [0.5, 0.6) is 5.75 Å². The van der Waals surface area contributed by atoms with Gasteiger partial charge in [0.2, 0.25) is 5.91 Å². The largest absolute Gasteiger partial charge is 0.573 e. The number of imide groups is 1. The number of urea groups is 1. The number of carboxylic acid groups (broad SMARTS) is 1. The van der Waals surface area contributed by atoms with E-state index in [9.17, 15) is 32.3 Å². The predicted molar refractivity (Wildman–Crippen MR) is 151 cm³/mol. The number of alkyl halides is 3. The fourth-order valence-electron chi connectivity index (χ4n) is 5.97. The zero-order chi connectivity index (χ0) is 31.6. The third kappa shape index (κ3) is 7.66. The Morgan fingerprint density at radius 3 is 2.14 bits per heavy atom. The quantitative estimate of drug-likeness (QED) is 0.376. The van der Waals surface area contributed by atoms with Crippen molar-refractivity contribution in [3.8, 4) is 5.75 Å². The van der Waals surface area contributed by atoms with Gasteiger partial charge in [-0.2, -0.15) is 0 Å². The number of hydrogen-bond donors (Lipinski definition) is 2. The maximum Gasteiger partial charge on any atom is 0.573 e. The molecule has 1 saturated heterocycles. The van der Waals surface area contributed by atoms with E-state index in [2.05, 4.69) is 30.8 Å². The number of ether oxygens (including phenoxy) is 1. The van der Waals surface area contributed by atoms with Crippen molar-refractivity contribution < 1.29 is 42.2 Å². The summed E-state index contributed by atoms with van der Waals surface area (Å²) >= 11 is 0. The summed E-state index contributed by atoms with van der Waals surface area (Å²) < 4.78 is 41.9. The van der Waals surface area contributed by atoms with Gasteiger partial charge in [-0.25, -0.2) is 9.69 Å². The van der Waals surface area contributed by atoms with E-state index in [0.29, 0.717) is 24.3 Å². The average Bonchev–Trinajstić information content (AvgIpc) is 2.91. The fraction of sp³-hybridized carbons (Fsp3) is 0.484. The van der Waals surface area contributed by atoms with Crippen molar-refractivity contribution >= 4 is 29.5 Å². The van der Waals surface area contributed by atoms with Crippen LogP contribution in [0.15, 0.2) is 48.5 Å². The smallest absolute Gasteiger partial charge is 0.481 e. The summed E-state index contributed by atoms with van der Waals surface area (Å²) in [5, 5.41) is 11.3. The van der Waals surface area contributed by atoms with Crippen molar-refractivity contribution in [1.29, 1.82) is 0 Å². The highest BCUT2D eigenvalue weighted by molar-refractivity contribution is 6.16. The SMILES string of the molecule is CC(C)(C)C1CCC2(CC1)CC(=O)N(c1ccc(OC(F)(F)F)cc1)C(=O)N2Cc1ccc(C(=O)NCCC(=O)O)cc1. The van der Waals surface area contributed by atoms with Gasteiger partial charge in [-0.15, -0.1) is 13.2 Å². The molecule has 1 heterocycles. The molecule has 1 aliphatic heterocycles. The Kier molecular flexibility index (Phi) is 9.08. The molecular formula is C31H36F3N3O6. The third-order valence-corrected chi connectivity index (χ3v) is 8.38. The van der Waals surface area contributed by atoms with E-state index in [1.807, 2.05) is 0 Å². The lowest BCUT2D eigenvalue weighted by Gasteiger charge is -2.53. The molecular weight excluding hydrogens is 567 g/mol. The first kappa shape index (κ1) is 31.8. The number of carboxylic acids is 1.